The van der Waals surface area contributed by atoms with E-state index in [2.05, 4.69) is 10.1 Å². The minimum atomic E-state index is -0.468. The van der Waals surface area contributed by atoms with Gasteiger partial charge in [-0.1, -0.05) is 23.4 Å². The zero-order chi connectivity index (χ0) is 14.8. The molecule has 21 heavy (non-hydrogen) atoms. The normalized spacial score (nSPS) is 10.7. The third-order valence-corrected chi connectivity index (χ3v) is 3.25. The summed E-state index contributed by atoms with van der Waals surface area (Å²) in [6, 6.07) is 10.9. The summed E-state index contributed by atoms with van der Waals surface area (Å²) in [5, 5.41) is 4.62. The number of hydrogen-bond donors (Lipinski definition) is 1. The van der Waals surface area contributed by atoms with E-state index in [1.54, 1.807) is 12.1 Å². The summed E-state index contributed by atoms with van der Waals surface area (Å²) in [4.78, 5) is 18.1. The van der Waals surface area contributed by atoms with Gasteiger partial charge in [-0.05, 0) is 12.1 Å². The lowest BCUT2D eigenvalue weighted by atomic mass is 10.1. The molecule has 2 aromatic heterocycles. The number of anilines is 1. The molecule has 0 aliphatic heterocycles. The van der Waals surface area contributed by atoms with E-state index in [-0.39, 0.29) is 0 Å². The van der Waals surface area contributed by atoms with Crippen LogP contribution < -0.4 is 10.6 Å². The Kier molecular flexibility index (Phi) is 3.27. The van der Waals surface area contributed by atoms with Crippen LogP contribution in [0, 0.1) is 0 Å². The van der Waals surface area contributed by atoms with E-state index >= 15 is 0 Å². The molecule has 0 spiro atoms. The van der Waals surface area contributed by atoms with Crippen molar-refractivity contribution >= 4 is 22.6 Å². The van der Waals surface area contributed by atoms with Crippen LogP contribution in [0.4, 0.5) is 5.82 Å². The summed E-state index contributed by atoms with van der Waals surface area (Å²) in [6.45, 7) is 0.528. The predicted molar refractivity (Wildman–Crippen MR) is 78.9 cm³/mol. The highest BCUT2D eigenvalue weighted by molar-refractivity contribution is 6.06. The lowest BCUT2D eigenvalue weighted by Gasteiger charge is -2.18. The van der Waals surface area contributed by atoms with Crippen molar-refractivity contribution in [3.05, 3.63) is 53.9 Å². The zero-order valence-electron chi connectivity index (χ0n) is 11.5. The van der Waals surface area contributed by atoms with Crippen molar-refractivity contribution in [1.82, 2.24) is 10.1 Å². The number of aromatic nitrogens is 2. The Hall–Kier alpha value is -2.89. The monoisotopic (exact) mass is 282 g/mol. The molecule has 2 heterocycles. The molecule has 2 N–H and O–H groups in total. The lowest BCUT2D eigenvalue weighted by molar-refractivity contribution is 0.100. The van der Waals surface area contributed by atoms with Gasteiger partial charge in [-0.2, -0.15) is 0 Å². The molecule has 6 heteroatoms. The molecule has 1 aromatic carbocycles. The largest absolute Gasteiger partial charge is 0.366 e. The maximum absolute atomic E-state index is 11.7. The van der Waals surface area contributed by atoms with Crippen molar-refractivity contribution in [2.75, 3.05) is 11.9 Å². The smallest absolute Gasteiger partial charge is 0.249 e. The van der Waals surface area contributed by atoms with Gasteiger partial charge in [0.15, 0.2) is 0 Å². The lowest BCUT2D eigenvalue weighted by Crippen LogP contribution is -2.20. The van der Waals surface area contributed by atoms with Crippen LogP contribution in [-0.4, -0.2) is 23.1 Å². The summed E-state index contributed by atoms with van der Waals surface area (Å²) in [5.41, 5.74) is 7.45. The molecule has 106 valence electrons. The van der Waals surface area contributed by atoms with Crippen LogP contribution >= 0.6 is 0 Å². The number of fused-ring (bicyclic) bond motifs is 1. The average molecular weight is 282 g/mol. The second-order valence-corrected chi connectivity index (χ2v) is 4.76. The molecular weight excluding hydrogens is 268 g/mol. The zero-order valence-corrected chi connectivity index (χ0v) is 11.5. The van der Waals surface area contributed by atoms with E-state index in [0.29, 0.717) is 17.9 Å². The number of amides is 1. The van der Waals surface area contributed by atoms with Crippen LogP contribution in [0.2, 0.25) is 0 Å². The average Bonchev–Trinajstić information content (AvgIpc) is 2.98. The third kappa shape index (κ3) is 2.55. The van der Waals surface area contributed by atoms with Crippen molar-refractivity contribution in [3.63, 3.8) is 0 Å². The minimum Gasteiger partial charge on any atom is -0.366 e. The molecule has 0 fully saturated rings. The van der Waals surface area contributed by atoms with E-state index < -0.39 is 5.91 Å². The first-order valence-corrected chi connectivity index (χ1v) is 6.45. The first kappa shape index (κ1) is 13.1. The highest BCUT2D eigenvalue weighted by atomic mass is 16.5. The Balaban J connectivity index is 2.04. The van der Waals surface area contributed by atoms with E-state index in [9.17, 15) is 4.79 Å². The molecule has 0 radical (unpaired) electrons. The second kappa shape index (κ2) is 5.24. The van der Waals surface area contributed by atoms with Crippen LogP contribution in [-0.2, 0) is 6.54 Å². The van der Waals surface area contributed by atoms with E-state index in [1.165, 1.54) is 6.26 Å². The number of nitrogens with zero attached hydrogens (tertiary/aromatic N) is 3. The minimum absolute atomic E-state index is 0.461. The number of carbonyl (C=O) groups excluding carboxylic acids is 1. The summed E-state index contributed by atoms with van der Waals surface area (Å²) in [7, 11) is 1.87. The van der Waals surface area contributed by atoms with Gasteiger partial charge in [-0.3, -0.25) is 4.79 Å². The van der Waals surface area contributed by atoms with Crippen molar-refractivity contribution in [2.24, 2.45) is 5.73 Å². The molecule has 0 aliphatic carbocycles. The maximum atomic E-state index is 11.7. The van der Waals surface area contributed by atoms with Gasteiger partial charge >= 0.3 is 0 Å². The van der Waals surface area contributed by atoms with Crippen LogP contribution in [0.1, 0.15) is 16.1 Å². The van der Waals surface area contributed by atoms with Crippen molar-refractivity contribution in [2.45, 2.75) is 6.54 Å². The molecule has 0 saturated carbocycles. The molecule has 6 nitrogen and oxygen atoms in total. The van der Waals surface area contributed by atoms with Gasteiger partial charge in [-0.15, -0.1) is 0 Å². The SMILES string of the molecule is CN(Cc1ccon1)c1cc(C(N)=O)c2ccccc2n1. The van der Waals surface area contributed by atoms with E-state index in [4.69, 9.17) is 10.3 Å². The molecule has 0 aliphatic rings. The Labute approximate surface area is 121 Å². The van der Waals surface area contributed by atoms with Crippen molar-refractivity contribution < 1.29 is 9.32 Å². The Morgan fingerprint density at radius 2 is 2.14 bits per heavy atom. The fraction of sp³-hybridized carbons (Fsp3) is 0.133. The van der Waals surface area contributed by atoms with Crippen molar-refractivity contribution in [1.29, 1.82) is 0 Å². The quantitative estimate of drug-likeness (QED) is 0.790. The Morgan fingerprint density at radius 3 is 2.86 bits per heavy atom. The number of pyridine rings is 1. The molecule has 0 saturated heterocycles. The van der Waals surface area contributed by atoms with Gasteiger partial charge in [0, 0.05) is 18.5 Å². The predicted octanol–water partition coefficient (Wildman–Crippen LogP) is 1.96. The Morgan fingerprint density at radius 1 is 1.33 bits per heavy atom. The highest BCUT2D eigenvalue weighted by Crippen LogP contribution is 2.22. The molecule has 3 aromatic rings. The van der Waals surface area contributed by atoms with Crippen LogP contribution in [0.25, 0.3) is 10.9 Å². The number of para-hydroxylation sites is 1. The van der Waals surface area contributed by atoms with Crippen molar-refractivity contribution in [3.8, 4) is 0 Å². The summed E-state index contributed by atoms with van der Waals surface area (Å²) in [5.74, 6) is 0.190. The standard InChI is InChI=1S/C15H14N4O2/c1-19(9-10-6-7-21-18-10)14-8-12(15(16)20)11-4-2-3-5-13(11)17-14/h2-8H,9H2,1H3,(H2,16,20). The number of nitrogens with two attached hydrogens (primary N) is 1. The fourth-order valence-electron chi connectivity index (χ4n) is 2.20. The molecule has 0 bridgehead atoms. The van der Waals surface area contributed by atoms with E-state index in [0.717, 1.165) is 16.6 Å². The molecule has 0 atom stereocenters. The number of hydrogen-bond acceptors (Lipinski definition) is 5. The second-order valence-electron chi connectivity index (χ2n) is 4.76. The van der Waals surface area contributed by atoms with Gasteiger partial charge in [0.25, 0.3) is 0 Å². The molecule has 3 rings (SSSR count). The van der Waals surface area contributed by atoms with Gasteiger partial charge in [0.2, 0.25) is 5.91 Å². The fourth-order valence-corrected chi connectivity index (χ4v) is 2.20. The van der Waals surface area contributed by atoms with Gasteiger partial charge in [0.05, 0.1) is 17.6 Å². The first-order chi connectivity index (χ1) is 10.1. The topological polar surface area (TPSA) is 85.3 Å². The highest BCUT2D eigenvalue weighted by Gasteiger charge is 2.13. The third-order valence-electron chi connectivity index (χ3n) is 3.25. The van der Waals surface area contributed by atoms with Crippen LogP contribution in [0.5, 0.6) is 0 Å². The Bertz CT molecular complexity index is 783. The van der Waals surface area contributed by atoms with Gasteiger partial charge < -0.3 is 15.2 Å². The number of primary amides is 1. The number of rotatable bonds is 4. The molecule has 1 amide bonds. The first-order valence-electron chi connectivity index (χ1n) is 6.45. The number of benzene rings is 1. The van der Waals surface area contributed by atoms with Gasteiger partial charge in [0.1, 0.15) is 17.8 Å². The van der Waals surface area contributed by atoms with Crippen LogP contribution in [0.15, 0.2) is 47.2 Å². The summed E-state index contributed by atoms with van der Waals surface area (Å²) < 4.78 is 4.81. The summed E-state index contributed by atoms with van der Waals surface area (Å²) >= 11 is 0. The van der Waals surface area contributed by atoms with E-state index in [1.807, 2.05) is 36.2 Å². The van der Waals surface area contributed by atoms with Gasteiger partial charge in [-0.25, -0.2) is 4.98 Å². The number of carbonyl (C=O) groups is 1. The molecular formula is C15H14N4O2. The maximum Gasteiger partial charge on any atom is 0.249 e. The summed E-state index contributed by atoms with van der Waals surface area (Å²) in [6.07, 6.45) is 1.52. The van der Waals surface area contributed by atoms with Crippen LogP contribution in [0.3, 0.4) is 0 Å². The molecule has 0 unspecified atom stereocenters.